The largest absolute Gasteiger partial charge is 0.356 e. The molecule has 0 fully saturated rings. The normalized spacial score (nSPS) is 12.1. The maximum absolute atomic E-state index is 7.92. The van der Waals surface area contributed by atoms with Crippen molar-refractivity contribution in [1.29, 1.82) is 5.41 Å². The van der Waals surface area contributed by atoms with Crippen LogP contribution in [0.3, 0.4) is 0 Å². The van der Waals surface area contributed by atoms with E-state index in [2.05, 4.69) is 53.4 Å². The lowest BCUT2D eigenvalue weighted by Gasteiger charge is -2.14. The van der Waals surface area contributed by atoms with Crippen molar-refractivity contribution in [1.82, 2.24) is 30.6 Å². The van der Waals surface area contributed by atoms with Gasteiger partial charge < -0.3 is 20.6 Å². The number of aryl methyl sites for hydroxylation is 1. The third-order valence-corrected chi connectivity index (χ3v) is 6.33. The molecule has 0 amide bonds. The lowest BCUT2D eigenvalue weighted by atomic mass is 10.4. The number of nitrogens with one attached hydrogen (secondary N) is 5. The molecule has 1 unspecified atom stereocenters. The molecule has 0 saturated heterocycles. The number of halogens is 1. The fourth-order valence-corrected chi connectivity index (χ4v) is 4.26. The summed E-state index contributed by atoms with van der Waals surface area (Å²) in [6.07, 6.45) is 3.42. The third kappa shape index (κ3) is 7.33. The van der Waals surface area contributed by atoms with Crippen molar-refractivity contribution in [2.24, 2.45) is 0 Å². The number of thioether (sulfide) groups is 2. The van der Waals surface area contributed by atoms with E-state index in [9.17, 15) is 0 Å². The molecule has 2 aromatic heterocycles. The van der Waals surface area contributed by atoms with Crippen LogP contribution in [0.25, 0.3) is 0 Å². The molecule has 10 heteroatoms. The highest BCUT2D eigenvalue weighted by atomic mass is 79.9. The van der Waals surface area contributed by atoms with Crippen molar-refractivity contribution in [3.8, 4) is 0 Å². The van der Waals surface area contributed by atoms with Crippen molar-refractivity contribution in [3.05, 3.63) is 34.3 Å². The van der Waals surface area contributed by atoms with Gasteiger partial charge in [-0.1, -0.05) is 6.92 Å². The number of aromatic amines is 2. The summed E-state index contributed by atoms with van der Waals surface area (Å²) in [5.74, 6) is 3.12. The third-order valence-electron chi connectivity index (χ3n) is 3.47. The molecular formula is C15H24BrN7S2. The Morgan fingerprint density at radius 3 is 2.68 bits per heavy atom. The molecular weight excluding hydrogens is 422 g/mol. The molecule has 2 heterocycles. The predicted octanol–water partition coefficient (Wildman–Crippen LogP) is 2.87. The van der Waals surface area contributed by atoms with Crippen molar-refractivity contribution in [2.45, 2.75) is 30.6 Å². The predicted molar refractivity (Wildman–Crippen MR) is 110 cm³/mol. The van der Waals surface area contributed by atoms with E-state index in [1.54, 1.807) is 12.7 Å². The van der Waals surface area contributed by atoms with Gasteiger partial charge in [-0.2, -0.15) is 23.5 Å². The standard InChI is InChI=1S/C15H24BrN7S2/c1-10(25-7-13-14(16)23-9-22-13)5-19-15(17)18-3-4-24-6-12-11(2)20-8-21-12/h8-10H,3-7H2,1-2H3,(H,20,21)(H,22,23)(H3,17,18,19). The molecule has 0 aliphatic heterocycles. The first-order valence-corrected chi connectivity index (χ1v) is 11.0. The molecule has 2 rings (SSSR count). The zero-order valence-corrected chi connectivity index (χ0v) is 17.6. The maximum atomic E-state index is 7.92. The van der Waals surface area contributed by atoms with E-state index in [1.165, 1.54) is 5.69 Å². The summed E-state index contributed by atoms with van der Waals surface area (Å²) in [6, 6.07) is 0. The Bertz CT molecular complexity index is 658. The van der Waals surface area contributed by atoms with Crippen molar-refractivity contribution in [2.75, 3.05) is 18.8 Å². The lowest BCUT2D eigenvalue weighted by molar-refractivity contribution is 0.801. The summed E-state index contributed by atoms with van der Waals surface area (Å²) < 4.78 is 0.873. The van der Waals surface area contributed by atoms with Gasteiger partial charge in [0.15, 0.2) is 5.96 Å². The van der Waals surface area contributed by atoms with Gasteiger partial charge >= 0.3 is 0 Å². The summed E-state index contributed by atoms with van der Waals surface area (Å²) in [5, 5.41) is 14.5. The molecule has 0 aliphatic rings. The molecule has 0 bridgehead atoms. The fraction of sp³-hybridized carbons (Fsp3) is 0.533. The van der Waals surface area contributed by atoms with Crippen LogP contribution in [0.4, 0.5) is 0 Å². The first kappa shape index (κ1) is 20.2. The molecule has 0 saturated carbocycles. The molecule has 7 nitrogen and oxygen atoms in total. The summed E-state index contributed by atoms with van der Waals surface area (Å²) in [5.41, 5.74) is 3.33. The highest BCUT2D eigenvalue weighted by Gasteiger charge is 2.07. The van der Waals surface area contributed by atoms with Crippen molar-refractivity contribution >= 4 is 45.4 Å². The van der Waals surface area contributed by atoms with Gasteiger partial charge in [0.1, 0.15) is 4.60 Å². The topological polar surface area (TPSA) is 105 Å². The molecule has 0 radical (unpaired) electrons. The summed E-state index contributed by atoms with van der Waals surface area (Å²) in [4.78, 5) is 14.6. The second kappa shape index (κ2) is 10.8. The average Bonchev–Trinajstić information content (AvgIpc) is 3.19. The maximum Gasteiger partial charge on any atom is 0.188 e. The van der Waals surface area contributed by atoms with Crippen molar-refractivity contribution < 1.29 is 0 Å². The van der Waals surface area contributed by atoms with Gasteiger partial charge in [-0.05, 0) is 22.9 Å². The van der Waals surface area contributed by atoms with Crippen LogP contribution in [-0.2, 0) is 11.5 Å². The number of guanidine groups is 1. The van der Waals surface area contributed by atoms with Gasteiger partial charge in [-0.3, -0.25) is 5.41 Å². The molecule has 25 heavy (non-hydrogen) atoms. The van der Waals surface area contributed by atoms with Crippen LogP contribution in [0.5, 0.6) is 0 Å². The number of aromatic nitrogens is 4. The molecule has 1 atom stereocenters. The second-order valence-corrected chi connectivity index (χ2v) is 8.78. The molecule has 0 spiro atoms. The fourth-order valence-electron chi connectivity index (χ4n) is 1.96. The summed E-state index contributed by atoms with van der Waals surface area (Å²) >= 11 is 7.06. The molecule has 0 aromatic carbocycles. The van der Waals surface area contributed by atoms with E-state index in [-0.39, 0.29) is 0 Å². The van der Waals surface area contributed by atoms with E-state index in [4.69, 9.17) is 5.41 Å². The minimum atomic E-state index is 0.383. The highest BCUT2D eigenvalue weighted by Crippen LogP contribution is 2.20. The van der Waals surface area contributed by atoms with E-state index in [1.807, 2.05) is 30.4 Å². The smallest absolute Gasteiger partial charge is 0.188 e. The monoisotopic (exact) mass is 445 g/mol. The molecule has 2 aromatic rings. The second-order valence-electron chi connectivity index (χ2n) is 5.50. The number of nitrogens with zero attached hydrogens (tertiary/aromatic N) is 2. The van der Waals surface area contributed by atoms with E-state index in [0.29, 0.717) is 11.2 Å². The Labute approximate surface area is 165 Å². The highest BCUT2D eigenvalue weighted by molar-refractivity contribution is 9.10. The first-order chi connectivity index (χ1) is 12.1. The van der Waals surface area contributed by atoms with Crippen LogP contribution in [0.1, 0.15) is 24.0 Å². The average molecular weight is 446 g/mol. The minimum Gasteiger partial charge on any atom is -0.356 e. The van der Waals surface area contributed by atoms with Crippen LogP contribution in [-0.4, -0.2) is 50.0 Å². The number of rotatable bonds is 10. The van der Waals surface area contributed by atoms with Crippen LogP contribution in [0.15, 0.2) is 17.3 Å². The number of hydrogen-bond donors (Lipinski definition) is 5. The van der Waals surface area contributed by atoms with Crippen molar-refractivity contribution in [3.63, 3.8) is 0 Å². The Balaban J connectivity index is 1.50. The molecule has 0 aliphatic carbocycles. The van der Waals surface area contributed by atoms with Gasteiger partial charge in [0.2, 0.25) is 0 Å². The van der Waals surface area contributed by atoms with Crippen LogP contribution < -0.4 is 10.6 Å². The number of H-pyrrole nitrogens is 2. The summed E-state index contributed by atoms with van der Waals surface area (Å²) in [7, 11) is 0. The Hall–Kier alpha value is -1.13. The first-order valence-electron chi connectivity index (χ1n) is 7.98. The van der Waals surface area contributed by atoms with Gasteiger partial charge in [0.05, 0.1) is 24.0 Å². The zero-order valence-electron chi connectivity index (χ0n) is 14.4. The SMILES string of the molecule is Cc1nc[nH]c1CSCCNC(=N)NCC(C)SCc1[nH]cnc1Br. The number of hydrogen-bond acceptors (Lipinski definition) is 5. The lowest BCUT2D eigenvalue weighted by Crippen LogP contribution is -2.40. The van der Waals surface area contributed by atoms with Crippen LogP contribution in [0.2, 0.25) is 0 Å². The Morgan fingerprint density at radius 2 is 2.00 bits per heavy atom. The van der Waals surface area contributed by atoms with Gasteiger partial charge in [0, 0.05) is 41.3 Å². The molecule has 5 N–H and O–H groups in total. The molecule has 138 valence electrons. The van der Waals surface area contributed by atoms with Crippen LogP contribution in [0, 0.1) is 12.3 Å². The van der Waals surface area contributed by atoms with E-state index >= 15 is 0 Å². The quantitative estimate of drug-likeness (QED) is 0.218. The van der Waals surface area contributed by atoms with Gasteiger partial charge in [0.25, 0.3) is 0 Å². The Kier molecular flexibility index (Phi) is 8.70. The van der Waals surface area contributed by atoms with E-state index in [0.717, 1.165) is 46.3 Å². The number of imidazole rings is 2. The van der Waals surface area contributed by atoms with Gasteiger partial charge in [-0.25, -0.2) is 9.97 Å². The minimum absolute atomic E-state index is 0.383. The zero-order chi connectivity index (χ0) is 18.1. The summed E-state index contributed by atoms with van der Waals surface area (Å²) in [6.45, 7) is 5.68. The Morgan fingerprint density at radius 1 is 1.24 bits per heavy atom. The van der Waals surface area contributed by atoms with E-state index < -0.39 is 0 Å². The van der Waals surface area contributed by atoms with Crippen LogP contribution >= 0.6 is 39.5 Å². The van der Waals surface area contributed by atoms with Gasteiger partial charge in [-0.15, -0.1) is 0 Å².